The zero-order valence-electron chi connectivity index (χ0n) is 12.2. The molecule has 1 N–H and O–H groups in total. The third-order valence-corrected chi connectivity index (χ3v) is 2.66. The lowest BCUT2D eigenvalue weighted by atomic mass is 10.2. The molecule has 0 unspecified atom stereocenters. The van der Waals surface area contributed by atoms with Crippen molar-refractivity contribution >= 4 is 17.9 Å². The average molecular weight is 278 g/mol. The summed E-state index contributed by atoms with van der Waals surface area (Å²) in [4.78, 5) is 17.0. The number of carboxylic acids is 1. The van der Waals surface area contributed by atoms with E-state index in [1.54, 1.807) is 13.3 Å². The van der Waals surface area contributed by atoms with Crippen molar-refractivity contribution in [2.45, 2.75) is 13.8 Å². The van der Waals surface area contributed by atoms with Gasteiger partial charge in [-0.15, -0.1) is 0 Å². The molecule has 0 aliphatic rings. The Hall–Kier alpha value is -1.88. The van der Waals surface area contributed by atoms with Crippen LogP contribution < -0.4 is 4.90 Å². The van der Waals surface area contributed by atoms with Crippen molar-refractivity contribution in [2.75, 3.05) is 31.7 Å². The molecule has 0 aliphatic carbocycles. The third-order valence-electron chi connectivity index (χ3n) is 2.66. The number of rotatable bonds is 8. The summed E-state index contributed by atoms with van der Waals surface area (Å²) < 4.78 is 5.12. The second-order valence-corrected chi connectivity index (χ2v) is 4.95. The lowest BCUT2D eigenvalue weighted by Gasteiger charge is -2.25. The van der Waals surface area contributed by atoms with Crippen LogP contribution >= 0.6 is 0 Å². The number of ether oxygens (including phenoxy) is 1. The summed E-state index contributed by atoms with van der Waals surface area (Å²) in [5, 5.41) is 8.58. The molecule has 0 saturated carbocycles. The summed E-state index contributed by atoms with van der Waals surface area (Å²) >= 11 is 0. The fourth-order valence-electron chi connectivity index (χ4n) is 1.79. The first-order valence-electron chi connectivity index (χ1n) is 6.64. The molecule has 0 spiro atoms. The minimum absolute atomic E-state index is 0.528. The molecule has 110 valence electrons. The number of carbonyl (C=O) groups is 1. The molecule has 5 heteroatoms. The largest absolute Gasteiger partial charge is 0.478 e. The van der Waals surface area contributed by atoms with Gasteiger partial charge < -0.3 is 14.7 Å². The Balaban J connectivity index is 2.78. The predicted octanol–water partition coefficient (Wildman–Crippen LogP) is 2.29. The maximum absolute atomic E-state index is 10.5. The summed E-state index contributed by atoms with van der Waals surface area (Å²) in [6.07, 6.45) is 4.31. The van der Waals surface area contributed by atoms with Crippen LogP contribution in [0.5, 0.6) is 0 Å². The molecule has 0 aliphatic heterocycles. The van der Waals surface area contributed by atoms with E-state index in [4.69, 9.17) is 9.84 Å². The second-order valence-electron chi connectivity index (χ2n) is 4.95. The molecule has 0 radical (unpaired) electrons. The normalized spacial score (nSPS) is 11.2. The van der Waals surface area contributed by atoms with Gasteiger partial charge in [-0.25, -0.2) is 9.78 Å². The van der Waals surface area contributed by atoms with Gasteiger partial charge in [0.25, 0.3) is 0 Å². The topological polar surface area (TPSA) is 62.7 Å². The number of hydrogen-bond donors (Lipinski definition) is 1. The van der Waals surface area contributed by atoms with Crippen molar-refractivity contribution in [2.24, 2.45) is 5.92 Å². The molecule has 0 fully saturated rings. The predicted molar refractivity (Wildman–Crippen MR) is 79.8 cm³/mol. The van der Waals surface area contributed by atoms with Crippen LogP contribution in [-0.4, -0.2) is 42.9 Å². The molecule has 1 rings (SSSR count). The Bertz CT molecular complexity index is 441. The van der Waals surface area contributed by atoms with Crippen molar-refractivity contribution in [1.82, 2.24) is 4.98 Å². The number of hydrogen-bond acceptors (Lipinski definition) is 4. The van der Waals surface area contributed by atoms with E-state index in [-0.39, 0.29) is 0 Å². The second kappa shape index (κ2) is 8.32. The monoisotopic (exact) mass is 278 g/mol. The minimum Gasteiger partial charge on any atom is -0.478 e. The Morgan fingerprint density at radius 1 is 1.50 bits per heavy atom. The quantitative estimate of drug-likeness (QED) is 0.739. The van der Waals surface area contributed by atoms with Gasteiger partial charge in [-0.1, -0.05) is 13.8 Å². The van der Waals surface area contributed by atoms with E-state index in [0.29, 0.717) is 12.5 Å². The first-order valence-corrected chi connectivity index (χ1v) is 6.64. The number of pyridine rings is 1. The van der Waals surface area contributed by atoms with Gasteiger partial charge >= 0.3 is 5.97 Å². The number of nitrogens with zero attached hydrogens (tertiary/aromatic N) is 2. The van der Waals surface area contributed by atoms with Crippen LogP contribution in [0.4, 0.5) is 5.82 Å². The summed E-state index contributed by atoms with van der Waals surface area (Å²) in [6.45, 7) is 6.65. The number of aliphatic carboxylic acids is 1. The molecule has 1 aromatic rings. The molecule has 20 heavy (non-hydrogen) atoms. The molecular weight excluding hydrogens is 256 g/mol. The van der Waals surface area contributed by atoms with Crippen LogP contribution in [0.15, 0.2) is 24.4 Å². The highest BCUT2D eigenvalue weighted by Crippen LogP contribution is 2.14. The van der Waals surface area contributed by atoms with Crippen molar-refractivity contribution in [3.63, 3.8) is 0 Å². The Morgan fingerprint density at radius 2 is 2.25 bits per heavy atom. The standard InChI is InChI=1S/C15H22N2O3/c1-12(2)11-17(8-9-20-3)14-6-4-13(10-16-14)5-7-15(18)19/h4-7,10,12H,8-9,11H2,1-3H3,(H,18,19)/b7-5+. The highest BCUT2D eigenvalue weighted by atomic mass is 16.5. The molecule has 0 atom stereocenters. The molecule has 0 amide bonds. The van der Waals surface area contributed by atoms with Gasteiger partial charge in [-0.3, -0.25) is 0 Å². The van der Waals surface area contributed by atoms with Gasteiger partial charge in [0.05, 0.1) is 6.61 Å². The first-order chi connectivity index (χ1) is 9.52. The zero-order chi connectivity index (χ0) is 15.0. The lowest BCUT2D eigenvalue weighted by molar-refractivity contribution is -0.131. The fraction of sp³-hybridized carbons (Fsp3) is 0.467. The highest BCUT2D eigenvalue weighted by molar-refractivity contribution is 5.85. The van der Waals surface area contributed by atoms with Crippen LogP contribution in [0.3, 0.4) is 0 Å². The van der Waals surface area contributed by atoms with Crippen LogP contribution in [0, 0.1) is 5.92 Å². The average Bonchev–Trinajstić information content (AvgIpc) is 2.41. The van der Waals surface area contributed by atoms with Crippen molar-refractivity contribution in [3.8, 4) is 0 Å². The van der Waals surface area contributed by atoms with Crippen molar-refractivity contribution < 1.29 is 14.6 Å². The van der Waals surface area contributed by atoms with Gasteiger partial charge in [0.1, 0.15) is 5.82 Å². The molecular formula is C15H22N2O3. The minimum atomic E-state index is -0.962. The Morgan fingerprint density at radius 3 is 2.75 bits per heavy atom. The molecule has 0 bridgehead atoms. The number of methoxy groups -OCH3 is 1. The number of aromatic nitrogens is 1. The maximum Gasteiger partial charge on any atom is 0.328 e. The highest BCUT2D eigenvalue weighted by Gasteiger charge is 2.09. The van der Waals surface area contributed by atoms with Crippen LogP contribution in [0.2, 0.25) is 0 Å². The van der Waals surface area contributed by atoms with E-state index < -0.39 is 5.97 Å². The summed E-state index contributed by atoms with van der Waals surface area (Å²) in [6, 6.07) is 3.77. The Kier molecular flexibility index (Phi) is 6.73. The van der Waals surface area contributed by atoms with E-state index in [2.05, 4.69) is 23.7 Å². The molecule has 5 nitrogen and oxygen atoms in total. The van der Waals surface area contributed by atoms with E-state index >= 15 is 0 Å². The molecule has 1 aromatic heterocycles. The van der Waals surface area contributed by atoms with Gasteiger partial charge in [-0.05, 0) is 29.7 Å². The lowest BCUT2D eigenvalue weighted by Crippen LogP contribution is -2.31. The molecule has 0 saturated heterocycles. The van der Waals surface area contributed by atoms with Crippen molar-refractivity contribution in [1.29, 1.82) is 0 Å². The zero-order valence-corrected chi connectivity index (χ0v) is 12.2. The SMILES string of the molecule is COCCN(CC(C)C)c1ccc(/C=C/C(=O)O)cn1. The van der Waals surface area contributed by atoms with Gasteiger partial charge in [0, 0.05) is 32.5 Å². The number of carboxylic acid groups (broad SMARTS) is 1. The summed E-state index contributed by atoms with van der Waals surface area (Å²) in [5.41, 5.74) is 0.771. The van der Waals surface area contributed by atoms with Crippen LogP contribution in [0.25, 0.3) is 6.08 Å². The van der Waals surface area contributed by atoms with Crippen LogP contribution in [0.1, 0.15) is 19.4 Å². The van der Waals surface area contributed by atoms with Gasteiger partial charge in [-0.2, -0.15) is 0 Å². The third kappa shape index (κ3) is 5.84. The molecule has 1 heterocycles. The van der Waals surface area contributed by atoms with E-state index in [1.165, 1.54) is 6.08 Å². The van der Waals surface area contributed by atoms with Gasteiger partial charge in [0.2, 0.25) is 0 Å². The maximum atomic E-state index is 10.5. The summed E-state index contributed by atoms with van der Waals surface area (Å²) in [7, 11) is 1.68. The first kappa shape index (κ1) is 16.2. The molecule has 0 aromatic carbocycles. The smallest absolute Gasteiger partial charge is 0.328 e. The van der Waals surface area contributed by atoms with Crippen molar-refractivity contribution in [3.05, 3.63) is 30.0 Å². The Labute approximate surface area is 119 Å². The van der Waals surface area contributed by atoms with E-state index in [0.717, 1.165) is 30.5 Å². The van der Waals surface area contributed by atoms with E-state index in [9.17, 15) is 4.79 Å². The van der Waals surface area contributed by atoms with E-state index in [1.807, 2.05) is 12.1 Å². The fourth-order valence-corrected chi connectivity index (χ4v) is 1.79. The van der Waals surface area contributed by atoms with Crippen LogP contribution in [-0.2, 0) is 9.53 Å². The number of anilines is 1. The van der Waals surface area contributed by atoms with Gasteiger partial charge in [0.15, 0.2) is 0 Å². The summed E-state index contributed by atoms with van der Waals surface area (Å²) in [5.74, 6) is 0.444.